The van der Waals surface area contributed by atoms with Crippen LogP contribution in [0.25, 0.3) is 0 Å². The number of benzene rings is 1. The SMILES string of the molecule is CN(C(=O)CNC(=O)CNC(=O)CN)c1cc(CO[Si](C)(C)C(C)(C)C)cc(CO[Si](C)(C)C(C)(C)C)c1. The summed E-state index contributed by atoms with van der Waals surface area (Å²) in [5, 5.41) is 5.08. The van der Waals surface area contributed by atoms with E-state index in [1.165, 1.54) is 4.90 Å². The molecule has 0 aliphatic heterocycles. The Bertz CT molecular complexity index is 936. The number of carbonyl (C=O) groups excluding carboxylic acids is 3. The standard InChI is InChI=1S/C27H50N4O5Si2/c1-26(2,3)37(8,9)35-18-20-12-21(19-36-38(10,11)27(4,5)6)14-22(13-20)31(7)25(34)17-30-24(33)16-29-23(32)15-28/h12-14H,15-19,28H2,1-11H3,(H,29,32)(H,30,33). The van der Waals surface area contributed by atoms with Gasteiger partial charge in [-0.1, -0.05) is 47.6 Å². The molecule has 0 unspecified atom stereocenters. The average molecular weight is 567 g/mol. The molecule has 0 aromatic heterocycles. The largest absolute Gasteiger partial charge is 0.413 e. The van der Waals surface area contributed by atoms with Crippen LogP contribution in [0.2, 0.25) is 36.3 Å². The second-order valence-electron chi connectivity index (χ2n) is 12.8. The fourth-order valence-electron chi connectivity index (χ4n) is 2.81. The van der Waals surface area contributed by atoms with Gasteiger partial charge in [0, 0.05) is 12.7 Å². The predicted octanol–water partition coefficient (Wildman–Crippen LogP) is 3.88. The second-order valence-corrected chi connectivity index (χ2v) is 22.4. The third-order valence-electron chi connectivity index (χ3n) is 7.68. The molecular weight excluding hydrogens is 516 g/mol. The molecule has 0 aliphatic rings. The summed E-state index contributed by atoms with van der Waals surface area (Å²) in [4.78, 5) is 37.7. The summed E-state index contributed by atoms with van der Waals surface area (Å²) in [7, 11) is -2.28. The van der Waals surface area contributed by atoms with Crippen molar-refractivity contribution in [3.8, 4) is 0 Å². The minimum atomic E-state index is -1.98. The Morgan fingerprint density at radius 2 is 1.21 bits per heavy atom. The van der Waals surface area contributed by atoms with Crippen molar-refractivity contribution in [1.82, 2.24) is 10.6 Å². The highest BCUT2D eigenvalue weighted by Gasteiger charge is 2.38. The van der Waals surface area contributed by atoms with Crippen LogP contribution in [-0.2, 0) is 36.4 Å². The molecule has 216 valence electrons. The van der Waals surface area contributed by atoms with Gasteiger partial charge in [0.15, 0.2) is 16.6 Å². The van der Waals surface area contributed by atoms with E-state index in [9.17, 15) is 14.4 Å². The molecule has 0 aliphatic carbocycles. The van der Waals surface area contributed by atoms with E-state index < -0.39 is 28.4 Å². The Kier molecular flexibility index (Phi) is 11.9. The third-order valence-corrected chi connectivity index (χ3v) is 16.6. The number of nitrogens with zero attached hydrogens (tertiary/aromatic N) is 1. The first-order chi connectivity index (χ1) is 17.2. The number of carbonyl (C=O) groups is 3. The Balaban J connectivity index is 3.12. The number of amides is 3. The molecule has 3 amide bonds. The number of anilines is 1. The Hall–Kier alpha value is -2.06. The topological polar surface area (TPSA) is 123 Å². The van der Waals surface area contributed by atoms with Crippen LogP contribution in [0.3, 0.4) is 0 Å². The summed E-state index contributed by atoms with van der Waals surface area (Å²) in [6.45, 7) is 22.3. The van der Waals surface area contributed by atoms with Gasteiger partial charge in [-0.05, 0) is 59.5 Å². The highest BCUT2D eigenvalue weighted by atomic mass is 28.4. The van der Waals surface area contributed by atoms with E-state index in [4.69, 9.17) is 14.6 Å². The molecule has 1 aromatic rings. The highest BCUT2D eigenvalue weighted by molar-refractivity contribution is 6.74. The molecule has 38 heavy (non-hydrogen) atoms. The maximum Gasteiger partial charge on any atom is 0.246 e. The molecule has 0 atom stereocenters. The fraction of sp³-hybridized carbons (Fsp3) is 0.667. The molecule has 0 bridgehead atoms. The first-order valence-corrected chi connectivity index (χ1v) is 18.9. The Morgan fingerprint density at radius 3 is 1.61 bits per heavy atom. The van der Waals surface area contributed by atoms with Crippen molar-refractivity contribution in [3.63, 3.8) is 0 Å². The van der Waals surface area contributed by atoms with Crippen molar-refractivity contribution in [2.75, 3.05) is 31.6 Å². The van der Waals surface area contributed by atoms with Gasteiger partial charge in [0.05, 0.1) is 32.8 Å². The number of nitrogens with one attached hydrogen (secondary N) is 2. The van der Waals surface area contributed by atoms with Gasteiger partial charge < -0.3 is 30.1 Å². The zero-order chi connectivity index (χ0) is 29.5. The fourth-order valence-corrected chi connectivity index (χ4v) is 4.74. The van der Waals surface area contributed by atoms with Gasteiger partial charge in [-0.3, -0.25) is 14.4 Å². The number of rotatable bonds is 12. The maximum absolute atomic E-state index is 12.9. The van der Waals surface area contributed by atoms with Gasteiger partial charge in [-0.2, -0.15) is 0 Å². The average Bonchev–Trinajstić information content (AvgIpc) is 2.81. The summed E-state index contributed by atoms with van der Waals surface area (Å²) in [6.07, 6.45) is 0. The number of likely N-dealkylation sites (N-methyl/N-ethyl adjacent to an activating group) is 1. The van der Waals surface area contributed by atoms with E-state index in [2.05, 4.69) is 84.4 Å². The maximum atomic E-state index is 12.9. The lowest BCUT2D eigenvalue weighted by molar-refractivity contribution is -0.126. The van der Waals surface area contributed by atoms with Gasteiger partial charge >= 0.3 is 0 Å². The van der Waals surface area contributed by atoms with Crippen molar-refractivity contribution >= 4 is 40.0 Å². The van der Waals surface area contributed by atoms with E-state index in [1.54, 1.807) is 7.05 Å². The molecule has 1 aromatic carbocycles. The van der Waals surface area contributed by atoms with Crippen LogP contribution in [0.4, 0.5) is 5.69 Å². The smallest absolute Gasteiger partial charge is 0.246 e. The Labute approximate surface area is 231 Å². The van der Waals surface area contributed by atoms with Crippen LogP contribution in [0.15, 0.2) is 18.2 Å². The lowest BCUT2D eigenvalue weighted by atomic mass is 10.1. The van der Waals surface area contributed by atoms with Gasteiger partial charge in [-0.15, -0.1) is 0 Å². The third kappa shape index (κ3) is 10.3. The van der Waals surface area contributed by atoms with Crippen LogP contribution in [0.5, 0.6) is 0 Å². The number of hydrogen-bond donors (Lipinski definition) is 3. The van der Waals surface area contributed by atoms with Crippen LogP contribution in [-0.4, -0.2) is 61.0 Å². The highest BCUT2D eigenvalue weighted by Crippen LogP contribution is 2.38. The minimum absolute atomic E-state index is 0.0769. The lowest BCUT2D eigenvalue weighted by Gasteiger charge is -2.36. The molecular formula is C27H50N4O5Si2. The summed E-state index contributed by atoms with van der Waals surface area (Å²) >= 11 is 0. The zero-order valence-electron chi connectivity index (χ0n) is 25.3. The molecule has 4 N–H and O–H groups in total. The lowest BCUT2D eigenvalue weighted by Crippen LogP contribution is -2.43. The monoisotopic (exact) mass is 566 g/mol. The quantitative estimate of drug-likeness (QED) is 0.330. The van der Waals surface area contributed by atoms with E-state index in [0.717, 1.165) is 11.1 Å². The van der Waals surface area contributed by atoms with Gasteiger partial charge in [0.2, 0.25) is 17.7 Å². The number of nitrogens with two attached hydrogens (primary N) is 1. The molecule has 11 heteroatoms. The minimum Gasteiger partial charge on any atom is -0.413 e. The van der Waals surface area contributed by atoms with Crippen LogP contribution < -0.4 is 21.3 Å². The molecule has 0 fully saturated rings. The Morgan fingerprint density at radius 1 is 0.789 bits per heavy atom. The van der Waals surface area contributed by atoms with Crippen LogP contribution in [0, 0.1) is 0 Å². The summed E-state index contributed by atoms with van der Waals surface area (Å²) in [5.74, 6) is -1.19. The van der Waals surface area contributed by atoms with E-state index in [0.29, 0.717) is 18.9 Å². The van der Waals surface area contributed by atoms with Crippen LogP contribution >= 0.6 is 0 Å². The molecule has 0 saturated heterocycles. The molecule has 0 heterocycles. The molecule has 1 rings (SSSR count). The van der Waals surface area contributed by atoms with Crippen molar-refractivity contribution in [2.45, 2.75) is 91.0 Å². The number of hydrogen-bond acceptors (Lipinski definition) is 6. The summed E-state index contributed by atoms with van der Waals surface area (Å²) < 4.78 is 12.9. The molecule has 0 saturated carbocycles. The van der Waals surface area contributed by atoms with Gasteiger partial charge in [0.1, 0.15) is 0 Å². The van der Waals surface area contributed by atoms with Crippen LogP contribution in [0.1, 0.15) is 52.7 Å². The van der Waals surface area contributed by atoms with Crippen molar-refractivity contribution in [3.05, 3.63) is 29.3 Å². The normalized spacial score (nSPS) is 12.7. The van der Waals surface area contributed by atoms with Gasteiger partial charge in [-0.25, -0.2) is 0 Å². The summed E-state index contributed by atoms with van der Waals surface area (Å²) in [5.41, 5.74) is 7.86. The predicted molar refractivity (Wildman–Crippen MR) is 159 cm³/mol. The molecule has 9 nitrogen and oxygen atoms in total. The molecule has 0 radical (unpaired) electrons. The van der Waals surface area contributed by atoms with E-state index in [1.807, 2.05) is 12.1 Å². The second kappa shape index (κ2) is 13.3. The van der Waals surface area contributed by atoms with Crippen molar-refractivity contribution in [1.29, 1.82) is 0 Å². The summed E-state index contributed by atoms with van der Waals surface area (Å²) in [6, 6.07) is 5.98. The van der Waals surface area contributed by atoms with Crippen molar-refractivity contribution < 1.29 is 23.2 Å². The van der Waals surface area contributed by atoms with E-state index in [-0.39, 0.29) is 35.6 Å². The zero-order valence-corrected chi connectivity index (χ0v) is 27.3. The van der Waals surface area contributed by atoms with Crippen molar-refractivity contribution in [2.24, 2.45) is 5.73 Å². The first-order valence-electron chi connectivity index (χ1n) is 13.1. The molecule has 0 spiro atoms. The van der Waals surface area contributed by atoms with E-state index >= 15 is 0 Å². The van der Waals surface area contributed by atoms with Gasteiger partial charge in [0.25, 0.3) is 0 Å². The first kappa shape index (κ1) is 34.0.